The first-order chi connectivity index (χ1) is 13.7. The van der Waals surface area contributed by atoms with Crippen LogP contribution in [-0.4, -0.2) is 36.4 Å². The quantitative estimate of drug-likeness (QED) is 0.752. The van der Waals surface area contributed by atoms with E-state index in [9.17, 15) is 23.2 Å². The van der Waals surface area contributed by atoms with E-state index in [4.69, 9.17) is 4.74 Å². The van der Waals surface area contributed by atoms with Crippen LogP contribution < -0.4 is 15.4 Å². The minimum atomic E-state index is -1.37. The molecule has 0 aliphatic carbocycles. The second-order valence-corrected chi connectivity index (χ2v) is 6.80. The number of nitrogens with zero attached hydrogens (tertiary/aromatic N) is 1. The molecule has 0 aromatic heterocycles. The van der Waals surface area contributed by atoms with Crippen LogP contribution >= 0.6 is 0 Å². The van der Waals surface area contributed by atoms with Gasteiger partial charge in [0.2, 0.25) is 5.91 Å². The van der Waals surface area contributed by atoms with Gasteiger partial charge in [-0.05, 0) is 49.2 Å². The van der Waals surface area contributed by atoms with Gasteiger partial charge in [-0.3, -0.25) is 14.5 Å². The predicted octanol–water partition coefficient (Wildman–Crippen LogP) is 2.69. The van der Waals surface area contributed by atoms with Crippen molar-refractivity contribution in [3.8, 4) is 5.75 Å². The van der Waals surface area contributed by atoms with Crippen LogP contribution in [0, 0.1) is 18.6 Å². The predicted molar refractivity (Wildman–Crippen MR) is 100 cm³/mol. The fraction of sp³-hybridized carbons (Fsp3) is 0.250. The number of aryl methyl sites for hydroxylation is 1. The molecule has 1 saturated heterocycles. The Hall–Kier alpha value is -3.49. The van der Waals surface area contributed by atoms with Gasteiger partial charge in [-0.1, -0.05) is 6.07 Å². The van der Waals surface area contributed by atoms with Crippen molar-refractivity contribution in [2.45, 2.75) is 19.4 Å². The molecule has 2 aromatic rings. The lowest BCUT2D eigenvalue weighted by Crippen LogP contribution is -2.42. The molecule has 0 bridgehead atoms. The van der Waals surface area contributed by atoms with Gasteiger partial charge in [0.05, 0.1) is 12.8 Å². The summed E-state index contributed by atoms with van der Waals surface area (Å²) in [5.41, 5.74) is -0.315. The normalized spacial score (nSPS) is 18.6. The lowest BCUT2D eigenvalue weighted by molar-refractivity contribution is -0.133. The molecular formula is C20H19F2N3O4. The maximum Gasteiger partial charge on any atom is 0.325 e. The number of anilines is 1. The number of rotatable bonds is 5. The average molecular weight is 403 g/mol. The van der Waals surface area contributed by atoms with E-state index in [-0.39, 0.29) is 5.69 Å². The second-order valence-electron chi connectivity index (χ2n) is 6.80. The monoisotopic (exact) mass is 403 g/mol. The van der Waals surface area contributed by atoms with E-state index in [1.807, 2.05) is 0 Å². The van der Waals surface area contributed by atoms with Crippen molar-refractivity contribution < 1.29 is 27.9 Å². The summed E-state index contributed by atoms with van der Waals surface area (Å²) >= 11 is 0. The molecule has 3 rings (SSSR count). The van der Waals surface area contributed by atoms with E-state index < -0.39 is 41.6 Å². The molecule has 0 saturated carbocycles. The van der Waals surface area contributed by atoms with Crippen LogP contribution in [-0.2, 0) is 15.1 Å². The van der Waals surface area contributed by atoms with Crippen molar-refractivity contribution in [2.24, 2.45) is 0 Å². The highest BCUT2D eigenvalue weighted by Crippen LogP contribution is 2.31. The third-order valence-corrected chi connectivity index (χ3v) is 4.75. The number of hydrogen-bond acceptors (Lipinski definition) is 4. The standard InChI is InChI=1S/C20H19F2N3O4/c1-11-8-12(4-7-16(11)29-3)20(2)18(27)25(19(28)24-20)10-17(26)23-15-6-5-13(21)9-14(15)22/h4-9H,10H2,1-3H3,(H,23,26)(H,24,28). The third-order valence-electron chi connectivity index (χ3n) is 4.75. The molecule has 4 amide bonds. The average Bonchev–Trinajstić information content (AvgIpc) is 2.88. The lowest BCUT2D eigenvalue weighted by Gasteiger charge is -2.23. The Balaban J connectivity index is 1.77. The summed E-state index contributed by atoms with van der Waals surface area (Å²) < 4.78 is 31.9. The maximum atomic E-state index is 13.7. The van der Waals surface area contributed by atoms with E-state index in [1.165, 1.54) is 14.0 Å². The highest BCUT2D eigenvalue weighted by Gasteiger charge is 2.49. The summed E-state index contributed by atoms with van der Waals surface area (Å²) in [5, 5.41) is 4.82. The number of methoxy groups -OCH3 is 1. The van der Waals surface area contributed by atoms with Crippen LogP contribution in [0.4, 0.5) is 19.3 Å². The topological polar surface area (TPSA) is 87.7 Å². The summed E-state index contributed by atoms with van der Waals surface area (Å²) in [6.07, 6.45) is 0. The number of benzene rings is 2. The highest BCUT2D eigenvalue weighted by molar-refractivity contribution is 6.10. The summed E-state index contributed by atoms with van der Waals surface area (Å²) in [6, 6.07) is 6.96. The van der Waals surface area contributed by atoms with Gasteiger partial charge in [-0.25, -0.2) is 13.6 Å². The zero-order valence-corrected chi connectivity index (χ0v) is 16.0. The fourth-order valence-electron chi connectivity index (χ4n) is 3.15. The Kier molecular flexibility index (Phi) is 5.23. The van der Waals surface area contributed by atoms with Crippen molar-refractivity contribution in [1.82, 2.24) is 10.2 Å². The highest BCUT2D eigenvalue weighted by atomic mass is 19.1. The number of ether oxygens (including phenoxy) is 1. The molecule has 1 aliphatic heterocycles. The molecule has 152 valence electrons. The van der Waals surface area contributed by atoms with Gasteiger partial charge in [0.15, 0.2) is 0 Å². The minimum absolute atomic E-state index is 0.253. The Bertz CT molecular complexity index is 1010. The van der Waals surface area contributed by atoms with Crippen molar-refractivity contribution in [1.29, 1.82) is 0 Å². The van der Waals surface area contributed by atoms with Gasteiger partial charge in [0.1, 0.15) is 29.5 Å². The molecule has 2 aromatic carbocycles. The molecule has 1 atom stereocenters. The van der Waals surface area contributed by atoms with E-state index in [2.05, 4.69) is 10.6 Å². The van der Waals surface area contributed by atoms with Gasteiger partial charge in [0.25, 0.3) is 5.91 Å². The zero-order chi connectivity index (χ0) is 21.3. The molecule has 1 fully saturated rings. The van der Waals surface area contributed by atoms with Crippen LogP contribution in [0.25, 0.3) is 0 Å². The third kappa shape index (κ3) is 3.75. The summed E-state index contributed by atoms with van der Waals surface area (Å²) in [7, 11) is 1.52. The first-order valence-corrected chi connectivity index (χ1v) is 8.70. The molecule has 0 spiro atoms. The van der Waals surface area contributed by atoms with Gasteiger partial charge in [-0.15, -0.1) is 0 Å². The number of carbonyl (C=O) groups excluding carboxylic acids is 3. The number of carbonyl (C=O) groups is 3. The van der Waals surface area contributed by atoms with Crippen LogP contribution in [0.1, 0.15) is 18.1 Å². The van der Waals surface area contributed by atoms with Crippen molar-refractivity contribution in [3.05, 3.63) is 59.2 Å². The SMILES string of the molecule is COc1ccc(C2(C)NC(=O)N(CC(=O)Nc3ccc(F)cc3F)C2=O)cc1C. The Morgan fingerprint density at radius 2 is 1.93 bits per heavy atom. The van der Waals surface area contributed by atoms with Crippen LogP contribution in [0.3, 0.4) is 0 Å². The van der Waals surface area contributed by atoms with E-state index >= 15 is 0 Å². The fourth-order valence-corrected chi connectivity index (χ4v) is 3.15. The van der Waals surface area contributed by atoms with Crippen LogP contribution in [0.5, 0.6) is 5.75 Å². The van der Waals surface area contributed by atoms with Crippen molar-refractivity contribution in [3.63, 3.8) is 0 Å². The molecule has 0 radical (unpaired) electrons. The summed E-state index contributed by atoms with van der Waals surface area (Å²) in [6.45, 7) is 2.72. The molecule has 29 heavy (non-hydrogen) atoms. The smallest absolute Gasteiger partial charge is 0.325 e. The van der Waals surface area contributed by atoms with Crippen molar-refractivity contribution >= 4 is 23.5 Å². The summed E-state index contributed by atoms with van der Waals surface area (Å²) in [4.78, 5) is 38.2. The molecular weight excluding hydrogens is 384 g/mol. The first-order valence-electron chi connectivity index (χ1n) is 8.70. The number of halogens is 2. The molecule has 2 N–H and O–H groups in total. The number of nitrogens with one attached hydrogen (secondary N) is 2. The van der Waals surface area contributed by atoms with Gasteiger partial charge in [0, 0.05) is 6.07 Å². The largest absolute Gasteiger partial charge is 0.496 e. The molecule has 9 heteroatoms. The van der Waals surface area contributed by atoms with E-state index in [0.29, 0.717) is 17.4 Å². The summed E-state index contributed by atoms with van der Waals surface area (Å²) in [5.74, 6) is -2.54. The second kappa shape index (κ2) is 7.50. The van der Waals surface area contributed by atoms with Gasteiger partial charge in [-0.2, -0.15) is 0 Å². The molecule has 1 heterocycles. The van der Waals surface area contributed by atoms with Gasteiger partial charge >= 0.3 is 6.03 Å². The Labute approximate surface area is 165 Å². The lowest BCUT2D eigenvalue weighted by atomic mass is 9.90. The molecule has 7 nitrogen and oxygen atoms in total. The van der Waals surface area contributed by atoms with Crippen LogP contribution in [0.2, 0.25) is 0 Å². The zero-order valence-electron chi connectivity index (χ0n) is 16.0. The number of hydrogen-bond donors (Lipinski definition) is 2. The maximum absolute atomic E-state index is 13.7. The van der Waals surface area contributed by atoms with Gasteiger partial charge < -0.3 is 15.4 Å². The Morgan fingerprint density at radius 1 is 1.21 bits per heavy atom. The Morgan fingerprint density at radius 3 is 2.55 bits per heavy atom. The number of urea groups is 1. The van der Waals surface area contributed by atoms with Crippen LogP contribution in [0.15, 0.2) is 36.4 Å². The minimum Gasteiger partial charge on any atom is -0.496 e. The number of imide groups is 1. The first kappa shape index (κ1) is 20.2. The molecule has 1 aliphatic rings. The van der Waals surface area contributed by atoms with E-state index in [0.717, 1.165) is 22.6 Å². The van der Waals surface area contributed by atoms with E-state index in [1.54, 1.807) is 25.1 Å². The number of amides is 4. The van der Waals surface area contributed by atoms with Crippen molar-refractivity contribution in [2.75, 3.05) is 19.0 Å². The molecule has 1 unspecified atom stereocenters.